The Hall–Kier alpha value is -0.900. The molecule has 2 unspecified atom stereocenters. The number of rotatable bonds is 2. The van der Waals surface area contributed by atoms with Crippen molar-refractivity contribution in [2.45, 2.75) is 45.1 Å². The predicted molar refractivity (Wildman–Crippen MR) is 66.7 cm³/mol. The van der Waals surface area contributed by atoms with Crippen LogP contribution in [-0.2, 0) is 0 Å². The van der Waals surface area contributed by atoms with E-state index in [4.69, 9.17) is 11.6 Å². The highest BCUT2D eigenvalue weighted by molar-refractivity contribution is 6.28. The van der Waals surface area contributed by atoms with Crippen molar-refractivity contribution < 1.29 is 4.39 Å². The lowest BCUT2D eigenvalue weighted by Gasteiger charge is -2.23. The normalized spacial score (nSPS) is 25.4. The van der Waals surface area contributed by atoms with E-state index in [2.05, 4.69) is 22.2 Å². The van der Waals surface area contributed by atoms with Crippen molar-refractivity contribution in [3.05, 3.63) is 17.3 Å². The van der Waals surface area contributed by atoms with E-state index in [0.717, 1.165) is 12.6 Å². The second-order valence-corrected chi connectivity index (χ2v) is 5.04. The van der Waals surface area contributed by atoms with Crippen molar-refractivity contribution in [2.24, 2.45) is 5.92 Å². The molecule has 2 rings (SSSR count). The molecule has 3 nitrogen and oxygen atoms in total. The first-order valence-corrected chi connectivity index (χ1v) is 6.49. The molecule has 0 saturated heterocycles. The van der Waals surface area contributed by atoms with Gasteiger partial charge in [-0.15, -0.1) is 0 Å². The van der Waals surface area contributed by atoms with Gasteiger partial charge in [0.05, 0.1) is 6.20 Å². The van der Waals surface area contributed by atoms with Gasteiger partial charge in [0.15, 0.2) is 11.6 Å². The van der Waals surface area contributed by atoms with E-state index in [9.17, 15) is 4.39 Å². The van der Waals surface area contributed by atoms with Gasteiger partial charge in [0.25, 0.3) is 0 Å². The highest BCUT2D eigenvalue weighted by Gasteiger charge is 2.21. The van der Waals surface area contributed by atoms with Crippen molar-refractivity contribution in [2.75, 3.05) is 5.32 Å². The fourth-order valence-corrected chi connectivity index (χ4v) is 2.46. The van der Waals surface area contributed by atoms with Crippen LogP contribution in [0, 0.1) is 11.7 Å². The van der Waals surface area contributed by atoms with Crippen LogP contribution in [0.3, 0.4) is 0 Å². The summed E-state index contributed by atoms with van der Waals surface area (Å²) in [5.41, 5.74) is 0. The zero-order chi connectivity index (χ0) is 12.3. The van der Waals surface area contributed by atoms with Gasteiger partial charge in [0.2, 0.25) is 5.28 Å². The Morgan fingerprint density at radius 1 is 1.35 bits per heavy atom. The molecule has 0 bridgehead atoms. The van der Waals surface area contributed by atoms with Gasteiger partial charge in [-0.05, 0) is 30.4 Å². The first kappa shape index (κ1) is 12.6. The number of hydrogen-bond acceptors (Lipinski definition) is 3. The van der Waals surface area contributed by atoms with E-state index >= 15 is 0 Å². The molecular formula is C12H17ClFN3. The lowest BCUT2D eigenvalue weighted by Crippen LogP contribution is -2.27. The van der Waals surface area contributed by atoms with Gasteiger partial charge < -0.3 is 5.32 Å². The average Bonchev–Trinajstić information content (AvgIpc) is 2.50. The molecule has 0 amide bonds. The van der Waals surface area contributed by atoms with Crippen LogP contribution in [0.2, 0.25) is 5.28 Å². The van der Waals surface area contributed by atoms with Crippen molar-refractivity contribution in [3.8, 4) is 0 Å². The second kappa shape index (κ2) is 5.63. The summed E-state index contributed by atoms with van der Waals surface area (Å²) in [6.45, 7) is 2.20. The van der Waals surface area contributed by atoms with Crippen molar-refractivity contribution >= 4 is 17.4 Å². The molecule has 1 aliphatic carbocycles. The zero-order valence-corrected chi connectivity index (χ0v) is 10.7. The number of hydrogen-bond donors (Lipinski definition) is 1. The molecule has 1 aliphatic rings. The quantitative estimate of drug-likeness (QED) is 0.649. The summed E-state index contributed by atoms with van der Waals surface area (Å²) in [5, 5.41) is 3.25. The topological polar surface area (TPSA) is 37.8 Å². The standard InChI is InChI=1S/C12H17ClFN3/c1-8-5-3-2-4-6-10(8)16-11-9(14)7-15-12(13)17-11/h7-8,10H,2-6H2,1H3,(H,15,16,17). The molecule has 0 radical (unpaired) electrons. The maximum atomic E-state index is 13.5. The number of nitrogens with zero attached hydrogens (tertiary/aromatic N) is 2. The van der Waals surface area contributed by atoms with E-state index in [0.29, 0.717) is 5.92 Å². The minimum Gasteiger partial charge on any atom is -0.364 e. The Morgan fingerprint density at radius 3 is 2.94 bits per heavy atom. The van der Waals surface area contributed by atoms with Crippen LogP contribution >= 0.6 is 11.6 Å². The molecule has 1 N–H and O–H groups in total. The third kappa shape index (κ3) is 3.28. The minimum absolute atomic E-state index is 0.0789. The summed E-state index contributed by atoms with van der Waals surface area (Å²) in [4.78, 5) is 7.51. The molecule has 0 aliphatic heterocycles. The Kier molecular flexibility index (Phi) is 4.15. The molecule has 1 aromatic rings. The maximum Gasteiger partial charge on any atom is 0.224 e. The van der Waals surface area contributed by atoms with Gasteiger partial charge in [0.1, 0.15) is 0 Å². The molecule has 1 heterocycles. The van der Waals surface area contributed by atoms with Gasteiger partial charge in [-0.2, -0.15) is 4.98 Å². The first-order chi connectivity index (χ1) is 8.16. The molecule has 1 saturated carbocycles. The summed E-state index contributed by atoms with van der Waals surface area (Å²) < 4.78 is 13.5. The van der Waals surface area contributed by atoms with Crippen LogP contribution in [0.25, 0.3) is 0 Å². The Balaban J connectivity index is 2.10. The van der Waals surface area contributed by atoms with Crippen molar-refractivity contribution in [1.82, 2.24) is 9.97 Å². The van der Waals surface area contributed by atoms with E-state index in [1.54, 1.807) is 0 Å². The van der Waals surface area contributed by atoms with E-state index in [1.165, 1.54) is 25.7 Å². The van der Waals surface area contributed by atoms with Crippen LogP contribution in [0.5, 0.6) is 0 Å². The molecule has 0 spiro atoms. The zero-order valence-electron chi connectivity index (χ0n) is 9.92. The summed E-state index contributed by atoms with van der Waals surface area (Å²) in [7, 11) is 0. The summed E-state index contributed by atoms with van der Waals surface area (Å²) in [5.74, 6) is 0.320. The van der Waals surface area contributed by atoms with Crippen molar-refractivity contribution in [1.29, 1.82) is 0 Å². The molecule has 94 valence electrons. The third-order valence-corrected chi connectivity index (χ3v) is 3.58. The van der Waals surface area contributed by atoms with E-state index < -0.39 is 5.82 Å². The number of halogens is 2. The minimum atomic E-state index is -0.439. The predicted octanol–water partition coefficient (Wildman–Crippen LogP) is 3.65. The SMILES string of the molecule is CC1CCCCCC1Nc1nc(Cl)ncc1F. The van der Waals surface area contributed by atoms with Crippen LogP contribution in [0.15, 0.2) is 6.20 Å². The highest BCUT2D eigenvalue weighted by atomic mass is 35.5. The lowest BCUT2D eigenvalue weighted by molar-refractivity contribution is 0.452. The van der Waals surface area contributed by atoms with Crippen molar-refractivity contribution in [3.63, 3.8) is 0 Å². The summed E-state index contributed by atoms with van der Waals surface area (Å²) >= 11 is 5.67. The number of aromatic nitrogens is 2. The van der Waals surface area contributed by atoms with Gasteiger partial charge in [-0.25, -0.2) is 9.37 Å². The highest BCUT2D eigenvalue weighted by Crippen LogP contribution is 2.26. The number of nitrogens with one attached hydrogen (secondary N) is 1. The Labute approximate surface area is 106 Å². The smallest absolute Gasteiger partial charge is 0.224 e. The Morgan fingerprint density at radius 2 is 2.12 bits per heavy atom. The first-order valence-electron chi connectivity index (χ1n) is 6.11. The Bertz CT molecular complexity index is 386. The maximum absolute atomic E-state index is 13.5. The average molecular weight is 258 g/mol. The fraction of sp³-hybridized carbons (Fsp3) is 0.667. The summed E-state index contributed by atoms with van der Waals surface area (Å²) in [6.07, 6.45) is 7.05. The molecule has 1 fully saturated rings. The second-order valence-electron chi connectivity index (χ2n) is 4.70. The van der Waals surface area contributed by atoms with Crippen LogP contribution < -0.4 is 5.32 Å². The fourth-order valence-electron chi connectivity index (χ4n) is 2.33. The van der Waals surface area contributed by atoms with Gasteiger partial charge in [-0.3, -0.25) is 0 Å². The molecule has 17 heavy (non-hydrogen) atoms. The van der Waals surface area contributed by atoms with Gasteiger partial charge in [0, 0.05) is 6.04 Å². The lowest BCUT2D eigenvalue weighted by atomic mass is 9.97. The van der Waals surface area contributed by atoms with Gasteiger partial charge >= 0.3 is 0 Å². The van der Waals surface area contributed by atoms with E-state index in [-0.39, 0.29) is 17.1 Å². The molecule has 1 aromatic heterocycles. The summed E-state index contributed by atoms with van der Waals surface area (Å²) in [6, 6.07) is 0.276. The molecule has 0 aromatic carbocycles. The largest absolute Gasteiger partial charge is 0.364 e. The monoisotopic (exact) mass is 257 g/mol. The van der Waals surface area contributed by atoms with Crippen LogP contribution in [0.4, 0.5) is 10.2 Å². The molecule has 2 atom stereocenters. The van der Waals surface area contributed by atoms with Crippen LogP contribution in [0.1, 0.15) is 39.0 Å². The molecular weight excluding hydrogens is 241 g/mol. The molecule has 5 heteroatoms. The third-order valence-electron chi connectivity index (χ3n) is 3.40. The number of anilines is 1. The van der Waals surface area contributed by atoms with Crippen LogP contribution in [-0.4, -0.2) is 16.0 Å². The van der Waals surface area contributed by atoms with Gasteiger partial charge in [-0.1, -0.05) is 26.2 Å². The van der Waals surface area contributed by atoms with E-state index in [1.807, 2.05) is 0 Å².